The number of hydrogen-bond acceptors (Lipinski definition) is 2. The molecule has 106 valence electrons. The highest BCUT2D eigenvalue weighted by atomic mass is 79.9. The first kappa shape index (κ1) is 15.6. The second-order valence-electron chi connectivity index (χ2n) is 5.12. The van der Waals surface area contributed by atoms with Crippen molar-refractivity contribution in [2.24, 2.45) is 0 Å². The van der Waals surface area contributed by atoms with E-state index in [0.717, 1.165) is 4.47 Å². The topological polar surface area (TPSA) is 20.2 Å². The van der Waals surface area contributed by atoms with Crippen molar-refractivity contribution in [3.05, 3.63) is 63.6 Å². The van der Waals surface area contributed by atoms with Crippen LogP contribution in [0.25, 0.3) is 0 Å². The molecule has 0 amide bonds. The largest absolute Gasteiger partial charge is 0.392 e. The molecule has 0 spiro atoms. The zero-order valence-corrected chi connectivity index (χ0v) is 14.2. The molecule has 2 aromatic rings. The van der Waals surface area contributed by atoms with Crippen LogP contribution in [0.4, 0.5) is 0 Å². The zero-order valence-electron chi connectivity index (χ0n) is 11.8. The second kappa shape index (κ2) is 7.30. The highest BCUT2D eigenvalue weighted by molar-refractivity contribution is 9.10. The molecular formula is C17H19BrOS. The summed E-state index contributed by atoms with van der Waals surface area (Å²) in [6.45, 7) is 4.19. The third-order valence-electron chi connectivity index (χ3n) is 3.01. The van der Waals surface area contributed by atoms with Gasteiger partial charge in [0.1, 0.15) is 0 Å². The number of benzene rings is 2. The second-order valence-corrected chi connectivity index (χ2v) is 7.13. The standard InChI is InChI=1S/C17H19BrOS/c1-12-7-13(2)9-14(8-12)10-16(19)11-20-17-5-3-15(18)4-6-17/h3-9,16,19H,10-11H2,1-2H3. The van der Waals surface area contributed by atoms with Crippen molar-refractivity contribution in [1.29, 1.82) is 0 Å². The average Bonchev–Trinajstić information content (AvgIpc) is 2.37. The molecule has 0 heterocycles. The first-order valence-corrected chi connectivity index (χ1v) is 8.44. The minimum Gasteiger partial charge on any atom is -0.392 e. The number of aliphatic hydroxyl groups is 1. The predicted molar refractivity (Wildman–Crippen MR) is 90.5 cm³/mol. The van der Waals surface area contributed by atoms with E-state index in [4.69, 9.17) is 0 Å². The normalized spacial score (nSPS) is 12.4. The van der Waals surface area contributed by atoms with Gasteiger partial charge >= 0.3 is 0 Å². The molecule has 0 aromatic heterocycles. The summed E-state index contributed by atoms with van der Waals surface area (Å²) in [4.78, 5) is 1.19. The van der Waals surface area contributed by atoms with Gasteiger partial charge in [0, 0.05) is 15.1 Å². The lowest BCUT2D eigenvalue weighted by atomic mass is 10.0. The molecule has 1 nitrogen and oxygen atoms in total. The number of aryl methyl sites for hydroxylation is 2. The summed E-state index contributed by atoms with van der Waals surface area (Å²) in [5, 5.41) is 10.2. The van der Waals surface area contributed by atoms with Crippen LogP contribution in [0.15, 0.2) is 51.8 Å². The van der Waals surface area contributed by atoms with Crippen LogP contribution >= 0.6 is 27.7 Å². The van der Waals surface area contributed by atoms with E-state index in [1.165, 1.54) is 21.6 Å². The van der Waals surface area contributed by atoms with Gasteiger partial charge in [-0.05, 0) is 50.1 Å². The maximum Gasteiger partial charge on any atom is 0.0674 e. The van der Waals surface area contributed by atoms with E-state index in [1.807, 2.05) is 12.1 Å². The Bertz CT molecular complexity index is 545. The van der Waals surface area contributed by atoms with Gasteiger partial charge in [-0.15, -0.1) is 11.8 Å². The average molecular weight is 351 g/mol. The number of hydrogen-bond donors (Lipinski definition) is 1. The lowest BCUT2D eigenvalue weighted by Crippen LogP contribution is -2.13. The fourth-order valence-electron chi connectivity index (χ4n) is 2.24. The summed E-state index contributed by atoms with van der Waals surface area (Å²) < 4.78 is 1.08. The smallest absolute Gasteiger partial charge is 0.0674 e. The highest BCUT2D eigenvalue weighted by Crippen LogP contribution is 2.22. The van der Waals surface area contributed by atoms with Gasteiger partial charge in [0.25, 0.3) is 0 Å². The van der Waals surface area contributed by atoms with Crippen molar-refractivity contribution >= 4 is 27.7 Å². The Morgan fingerprint density at radius 2 is 1.65 bits per heavy atom. The van der Waals surface area contributed by atoms with Crippen LogP contribution in [0.2, 0.25) is 0 Å². The van der Waals surface area contributed by atoms with Gasteiger partial charge in [-0.2, -0.15) is 0 Å². The molecule has 0 aliphatic carbocycles. The molecule has 1 N–H and O–H groups in total. The molecule has 0 aliphatic rings. The van der Waals surface area contributed by atoms with Gasteiger partial charge in [0.2, 0.25) is 0 Å². The van der Waals surface area contributed by atoms with Crippen molar-refractivity contribution in [2.75, 3.05) is 5.75 Å². The Morgan fingerprint density at radius 1 is 1.05 bits per heavy atom. The van der Waals surface area contributed by atoms with Crippen LogP contribution in [-0.4, -0.2) is 17.0 Å². The molecule has 2 aromatic carbocycles. The SMILES string of the molecule is Cc1cc(C)cc(CC(O)CSc2ccc(Br)cc2)c1. The lowest BCUT2D eigenvalue weighted by molar-refractivity contribution is 0.200. The maximum absolute atomic E-state index is 10.2. The molecule has 1 unspecified atom stereocenters. The monoisotopic (exact) mass is 350 g/mol. The van der Waals surface area contributed by atoms with Crippen molar-refractivity contribution in [1.82, 2.24) is 0 Å². The zero-order chi connectivity index (χ0) is 14.5. The van der Waals surface area contributed by atoms with Crippen LogP contribution in [-0.2, 0) is 6.42 Å². The van der Waals surface area contributed by atoms with E-state index in [9.17, 15) is 5.11 Å². The van der Waals surface area contributed by atoms with Crippen molar-refractivity contribution in [3.63, 3.8) is 0 Å². The molecule has 0 bridgehead atoms. The van der Waals surface area contributed by atoms with E-state index in [2.05, 4.69) is 60.1 Å². The Labute approximate surface area is 133 Å². The van der Waals surface area contributed by atoms with Crippen LogP contribution < -0.4 is 0 Å². The summed E-state index contributed by atoms with van der Waals surface area (Å²) in [7, 11) is 0. The van der Waals surface area contributed by atoms with Gasteiger partial charge in [0.15, 0.2) is 0 Å². The van der Waals surface area contributed by atoms with Crippen molar-refractivity contribution in [3.8, 4) is 0 Å². The van der Waals surface area contributed by atoms with Crippen LogP contribution in [0.1, 0.15) is 16.7 Å². The van der Waals surface area contributed by atoms with Gasteiger partial charge in [0.05, 0.1) is 6.10 Å². The van der Waals surface area contributed by atoms with Gasteiger partial charge < -0.3 is 5.11 Å². The fourth-order valence-corrected chi connectivity index (χ4v) is 3.34. The van der Waals surface area contributed by atoms with E-state index < -0.39 is 0 Å². The summed E-state index contributed by atoms with van der Waals surface area (Å²) in [6.07, 6.45) is 0.399. The predicted octanol–water partition coefficient (Wildman–Crippen LogP) is 4.76. The molecule has 0 saturated heterocycles. The van der Waals surface area contributed by atoms with E-state index in [0.29, 0.717) is 12.2 Å². The van der Waals surface area contributed by atoms with E-state index in [1.54, 1.807) is 11.8 Å². The number of thioether (sulfide) groups is 1. The van der Waals surface area contributed by atoms with Crippen LogP contribution in [0.5, 0.6) is 0 Å². The van der Waals surface area contributed by atoms with Crippen LogP contribution in [0.3, 0.4) is 0 Å². The summed E-state index contributed by atoms with van der Waals surface area (Å²) in [5.41, 5.74) is 3.73. The van der Waals surface area contributed by atoms with Gasteiger partial charge in [-0.25, -0.2) is 0 Å². The minimum absolute atomic E-state index is 0.315. The van der Waals surface area contributed by atoms with Crippen molar-refractivity contribution in [2.45, 2.75) is 31.3 Å². The highest BCUT2D eigenvalue weighted by Gasteiger charge is 2.07. The number of aliphatic hydroxyl groups excluding tert-OH is 1. The molecule has 0 fully saturated rings. The summed E-state index contributed by atoms with van der Waals surface area (Å²) >= 11 is 5.12. The van der Waals surface area contributed by atoms with Gasteiger partial charge in [-0.3, -0.25) is 0 Å². The molecule has 0 aliphatic heterocycles. The van der Waals surface area contributed by atoms with Crippen LogP contribution in [0, 0.1) is 13.8 Å². The molecule has 20 heavy (non-hydrogen) atoms. The molecule has 1 atom stereocenters. The van der Waals surface area contributed by atoms with E-state index in [-0.39, 0.29) is 6.10 Å². The number of halogens is 1. The van der Waals surface area contributed by atoms with Gasteiger partial charge in [-0.1, -0.05) is 45.3 Å². The Hall–Kier alpha value is -0.770. The molecular weight excluding hydrogens is 332 g/mol. The Kier molecular flexibility index (Phi) is 5.70. The Morgan fingerprint density at radius 3 is 2.25 bits per heavy atom. The number of rotatable bonds is 5. The van der Waals surface area contributed by atoms with E-state index >= 15 is 0 Å². The lowest BCUT2D eigenvalue weighted by Gasteiger charge is -2.12. The third kappa shape index (κ3) is 4.97. The molecule has 0 saturated carbocycles. The minimum atomic E-state index is -0.315. The first-order chi connectivity index (χ1) is 9.52. The molecule has 3 heteroatoms. The maximum atomic E-state index is 10.2. The quantitative estimate of drug-likeness (QED) is 0.784. The molecule has 2 rings (SSSR count). The summed E-state index contributed by atoms with van der Waals surface area (Å²) in [6, 6.07) is 14.7. The Balaban J connectivity index is 1.88. The first-order valence-electron chi connectivity index (χ1n) is 6.66. The van der Waals surface area contributed by atoms with Crippen molar-refractivity contribution < 1.29 is 5.11 Å². The molecule has 0 radical (unpaired) electrons. The fraction of sp³-hybridized carbons (Fsp3) is 0.294. The third-order valence-corrected chi connectivity index (χ3v) is 4.69. The summed E-state index contributed by atoms with van der Waals surface area (Å²) in [5.74, 6) is 0.717.